The molecule has 0 bridgehead atoms. The van der Waals surface area contributed by atoms with E-state index in [1.807, 2.05) is 37.3 Å². The van der Waals surface area contributed by atoms with Crippen molar-refractivity contribution in [1.29, 1.82) is 0 Å². The van der Waals surface area contributed by atoms with E-state index in [0.29, 0.717) is 11.6 Å². The van der Waals surface area contributed by atoms with Crippen LogP contribution in [0.1, 0.15) is 29.9 Å². The molecular weight excluding hydrogens is 518 g/mol. The van der Waals surface area contributed by atoms with Crippen molar-refractivity contribution >= 4 is 21.1 Å². The van der Waals surface area contributed by atoms with Crippen LogP contribution in [0.15, 0.2) is 90.1 Å². The van der Waals surface area contributed by atoms with Crippen LogP contribution in [-0.4, -0.2) is 49.5 Å². The zero-order valence-corrected chi connectivity index (χ0v) is 23.8. The van der Waals surface area contributed by atoms with E-state index in [0.717, 1.165) is 64.9 Å². The van der Waals surface area contributed by atoms with E-state index in [9.17, 15) is 8.42 Å². The van der Waals surface area contributed by atoms with Gasteiger partial charge in [-0.1, -0.05) is 54.1 Å². The average Bonchev–Trinajstić information content (AvgIpc) is 3.38. The topological polar surface area (TPSA) is 64.4 Å². The smallest absolute Gasteiger partial charge is 0.269 e. The van der Waals surface area contributed by atoms with E-state index < -0.39 is 10.0 Å². The molecule has 0 spiro atoms. The molecule has 0 aliphatic carbocycles. The molecule has 0 unspecified atom stereocenters. The number of piperidine rings is 1. The fourth-order valence-corrected chi connectivity index (χ4v) is 6.91. The predicted molar refractivity (Wildman–Crippen MR) is 159 cm³/mol. The zero-order chi connectivity index (χ0) is 27.9. The number of pyridine rings is 1. The summed E-state index contributed by atoms with van der Waals surface area (Å²) >= 11 is 0. The number of methoxy groups -OCH3 is 1. The van der Waals surface area contributed by atoms with E-state index in [1.165, 1.54) is 9.54 Å². The second kappa shape index (κ2) is 10.6. The lowest BCUT2D eigenvalue weighted by Crippen LogP contribution is -2.29. The number of rotatable bonds is 6. The summed E-state index contributed by atoms with van der Waals surface area (Å²) in [5, 5.41) is 0.762. The molecule has 1 radical (unpaired) electrons. The molecule has 6 nitrogen and oxygen atoms in total. The van der Waals surface area contributed by atoms with Crippen LogP contribution in [0.3, 0.4) is 0 Å². The van der Waals surface area contributed by atoms with Crippen molar-refractivity contribution < 1.29 is 13.2 Å². The van der Waals surface area contributed by atoms with Gasteiger partial charge >= 0.3 is 0 Å². The third-order valence-electron chi connectivity index (χ3n) is 7.94. The predicted octanol–water partition coefficient (Wildman–Crippen LogP) is 6.53. The van der Waals surface area contributed by atoms with Crippen LogP contribution >= 0.6 is 0 Å². The third-order valence-corrected chi connectivity index (χ3v) is 9.61. The van der Waals surface area contributed by atoms with Gasteiger partial charge in [-0.15, -0.1) is 0 Å². The van der Waals surface area contributed by atoms with Crippen LogP contribution in [0, 0.1) is 13.0 Å². The first-order chi connectivity index (χ1) is 19.3. The molecule has 0 amide bonds. The molecule has 0 atom stereocenters. The number of likely N-dealkylation sites (tertiary alicyclic amines) is 1. The first-order valence-corrected chi connectivity index (χ1v) is 15.0. The standard InChI is InChI=1S/C33H32N3O3S/c1-23-9-12-28(13-10-23)40(37,38)36-22-31(24-7-5-4-6-8-24)30-19-27(21-34-33(30)36)26-11-14-29(32(20-26)39-3)25-15-17-35(2)18-16-25/h5-14,19-22,25H,15-18H2,1-3H3. The Morgan fingerprint density at radius 2 is 1.65 bits per heavy atom. The molecule has 1 saturated heterocycles. The molecule has 1 fully saturated rings. The van der Waals surface area contributed by atoms with Crippen LogP contribution in [0.4, 0.5) is 0 Å². The minimum absolute atomic E-state index is 0.225. The van der Waals surface area contributed by atoms with Crippen LogP contribution in [-0.2, 0) is 10.0 Å². The minimum atomic E-state index is -3.86. The van der Waals surface area contributed by atoms with Gasteiger partial charge in [-0.2, -0.15) is 0 Å². The highest BCUT2D eigenvalue weighted by Crippen LogP contribution is 2.39. The number of hydrogen-bond donors (Lipinski definition) is 0. The van der Waals surface area contributed by atoms with Crippen molar-refractivity contribution in [2.24, 2.45) is 0 Å². The van der Waals surface area contributed by atoms with Gasteiger partial charge in [0.25, 0.3) is 10.0 Å². The molecule has 1 aliphatic heterocycles. The maximum Gasteiger partial charge on any atom is 0.269 e. The molecule has 3 heterocycles. The lowest BCUT2D eigenvalue weighted by Gasteiger charge is -2.30. The highest BCUT2D eigenvalue weighted by atomic mass is 32.2. The van der Waals surface area contributed by atoms with Crippen molar-refractivity contribution in [3.05, 3.63) is 102 Å². The fourth-order valence-electron chi connectivity index (χ4n) is 5.59. The fraction of sp³-hybridized carbons (Fsp3) is 0.242. The third kappa shape index (κ3) is 4.80. The lowest BCUT2D eigenvalue weighted by molar-refractivity contribution is 0.252. The number of hydrogen-bond acceptors (Lipinski definition) is 5. The first kappa shape index (κ1) is 26.3. The Morgan fingerprint density at radius 3 is 2.35 bits per heavy atom. The summed E-state index contributed by atoms with van der Waals surface area (Å²) in [6, 6.07) is 25.9. The summed E-state index contributed by atoms with van der Waals surface area (Å²) < 4.78 is 34.6. The number of nitrogens with zero attached hydrogens (tertiary/aromatic N) is 3. The molecular formula is C33H32N3O3S. The van der Waals surface area contributed by atoms with Gasteiger partial charge in [0.05, 0.1) is 12.0 Å². The lowest BCUT2D eigenvalue weighted by atomic mass is 9.88. The van der Waals surface area contributed by atoms with Gasteiger partial charge in [-0.25, -0.2) is 17.4 Å². The Hall–Kier alpha value is -3.94. The van der Waals surface area contributed by atoms with Crippen molar-refractivity contribution in [2.75, 3.05) is 27.2 Å². The summed E-state index contributed by atoms with van der Waals surface area (Å²) in [5.41, 5.74) is 6.20. The number of aromatic nitrogens is 2. The van der Waals surface area contributed by atoms with Crippen molar-refractivity contribution in [3.63, 3.8) is 0 Å². The Balaban J connectivity index is 1.47. The summed E-state index contributed by atoms with van der Waals surface area (Å²) in [5.74, 6) is 1.36. The second-order valence-corrected chi connectivity index (χ2v) is 12.4. The number of fused-ring (bicyclic) bond motifs is 1. The number of aryl methyl sites for hydroxylation is 1. The quantitative estimate of drug-likeness (QED) is 0.240. The normalized spacial score (nSPS) is 15.0. The molecule has 0 N–H and O–H groups in total. The van der Waals surface area contributed by atoms with Gasteiger partial charge in [0.1, 0.15) is 5.75 Å². The van der Waals surface area contributed by atoms with E-state index in [-0.39, 0.29) is 4.90 Å². The van der Waals surface area contributed by atoms with Gasteiger partial charge < -0.3 is 9.64 Å². The molecule has 5 aromatic rings. The van der Waals surface area contributed by atoms with E-state index in [4.69, 9.17) is 9.72 Å². The van der Waals surface area contributed by atoms with Crippen molar-refractivity contribution in [1.82, 2.24) is 13.9 Å². The molecule has 3 aromatic carbocycles. The molecule has 40 heavy (non-hydrogen) atoms. The van der Waals surface area contributed by atoms with Crippen LogP contribution in [0.2, 0.25) is 0 Å². The highest BCUT2D eigenvalue weighted by molar-refractivity contribution is 7.90. The largest absolute Gasteiger partial charge is 0.496 e. The van der Waals surface area contributed by atoms with Gasteiger partial charge in [-0.05, 0) is 92.8 Å². The SMILES string of the molecule is COc1cc(-c2cnc3c(c2)c(-c2cc[c]cc2)cn3S(=O)(=O)c2ccc(C)cc2)ccc1C1CCN(C)CC1. The van der Waals surface area contributed by atoms with Crippen LogP contribution < -0.4 is 4.74 Å². The zero-order valence-electron chi connectivity index (χ0n) is 23.0. The maximum absolute atomic E-state index is 13.7. The maximum atomic E-state index is 13.7. The van der Waals surface area contributed by atoms with Gasteiger partial charge in [0.2, 0.25) is 0 Å². The molecule has 0 saturated carbocycles. The molecule has 2 aromatic heterocycles. The molecule has 1 aliphatic rings. The van der Waals surface area contributed by atoms with Crippen molar-refractivity contribution in [3.8, 4) is 28.0 Å². The molecule has 7 heteroatoms. The van der Waals surface area contributed by atoms with Crippen molar-refractivity contribution in [2.45, 2.75) is 30.6 Å². The Morgan fingerprint density at radius 1 is 0.925 bits per heavy atom. The van der Waals surface area contributed by atoms with E-state index >= 15 is 0 Å². The monoisotopic (exact) mass is 550 g/mol. The Bertz CT molecular complexity index is 1770. The minimum Gasteiger partial charge on any atom is -0.496 e. The highest BCUT2D eigenvalue weighted by Gasteiger charge is 2.24. The van der Waals surface area contributed by atoms with Gasteiger partial charge in [0, 0.05) is 28.9 Å². The van der Waals surface area contributed by atoms with Gasteiger partial charge in [0.15, 0.2) is 5.65 Å². The second-order valence-electron chi connectivity index (χ2n) is 10.6. The number of benzene rings is 3. The van der Waals surface area contributed by atoms with Crippen LogP contribution in [0.5, 0.6) is 5.75 Å². The Kier molecular flexibility index (Phi) is 6.94. The Labute approximate surface area is 235 Å². The summed E-state index contributed by atoms with van der Waals surface area (Å²) in [6.45, 7) is 4.10. The average molecular weight is 551 g/mol. The first-order valence-electron chi connectivity index (χ1n) is 13.5. The number of ether oxygens (including phenoxy) is 1. The molecule has 203 valence electrons. The van der Waals surface area contributed by atoms with Gasteiger partial charge in [-0.3, -0.25) is 0 Å². The van der Waals surface area contributed by atoms with E-state index in [2.05, 4.69) is 36.2 Å². The summed E-state index contributed by atoms with van der Waals surface area (Å²) in [4.78, 5) is 7.31. The summed E-state index contributed by atoms with van der Waals surface area (Å²) in [6.07, 6.45) is 5.65. The summed E-state index contributed by atoms with van der Waals surface area (Å²) in [7, 11) is 0.0327. The van der Waals surface area contributed by atoms with E-state index in [1.54, 1.807) is 43.8 Å². The molecule has 6 rings (SSSR count). The van der Waals surface area contributed by atoms with Crippen LogP contribution in [0.25, 0.3) is 33.3 Å².